The van der Waals surface area contributed by atoms with E-state index >= 15 is 0 Å². The fourth-order valence-corrected chi connectivity index (χ4v) is 11.5. The number of anilines is 1. The van der Waals surface area contributed by atoms with E-state index in [0.29, 0.717) is 5.56 Å². The van der Waals surface area contributed by atoms with E-state index in [9.17, 15) is 115 Å². The van der Waals surface area contributed by atoms with Crippen molar-refractivity contribution in [3.05, 3.63) is 81.4 Å². The number of hydrogen-bond acceptors (Lipinski definition) is 29. The summed E-state index contributed by atoms with van der Waals surface area (Å²) in [6.45, 7) is 0.0341. The van der Waals surface area contributed by atoms with E-state index in [0.717, 1.165) is 6.92 Å². The average molecular weight is 1320 g/mol. The van der Waals surface area contributed by atoms with Crippen LogP contribution in [0.4, 0.5) is 10.5 Å². The SMILES string of the molecule is COc1cccc2c1C(=O)c1c(O)c3c(c(O)c1C2=O)C[C@](O)(C(=O)CO)CC3OC1C[C@H](NC(=O)OCc2ccc(NC(=O)C(CC(N)=O)CC(=O)C(C)NC(=O)C(CC(=O)[C@H](O)[C@H](O)[C@@H](O[C@@H]3O[C@H](CO)[C@H](O)[C@H](O)[C@H]3O)[C@H](O)CO)C(C)O)cc2)[C@H](O)[C@H](C)O1. The topological polar surface area (TPSA) is 554 Å². The van der Waals surface area contributed by atoms with Crippen LogP contribution in [0.3, 0.4) is 0 Å². The van der Waals surface area contributed by atoms with Crippen molar-refractivity contribution in [2.45, 2.75) is 169 Å². The molecule has 0 spiro atoms. The second kappa shape index (κ2) is 30.7. The number of alkyl carbamates (subject to hydrolysis) is 1. The Morgan fingerprint density at radius 3 is 2.08 bits per heavy atom. The standard InChI is InChI=1S/C60H76N4O29/c1-22(62-57(85)29(23(2)68)14-33(70)48(77)53(82)55(34(71)18-65)93-58-54(83)52(81)49(78)37(19-66)92-58)32(69)12-26(13-39(61)73)56(84)63-27-10-8-25(9-11-27)21-89-59(86)64-31-15-40(90-24(3)45(31)74)91-36-17-60(87,38(72)20-67)16-30-42(36)51(80)44-43(47(30)76)46(75)28-6-5-7-35(88-4)41(28)50(44)79/h5-11,22-24,26,29,31,34,36-37,40,45,48-49,52-55,58,65-68,71,74,76-78,80-83,87H,12-21H2,1-4H3,(H2,61,73)(H,62,85)(H,63,84)(H,64,86)/t22?,23?,24-,26?,29?,31-,34+,36?,37+,40?,45+,48-,49-,52-,53-,54+,55-,58-,60+/m0/s1. The van der Waals surface area contributed by atoms with Gasteiger partial charge in [0.2, 0.25) is 23.5 Å². The Morgan fingerprint density at radius 1 is 0.796 bits per heavy atom. The van der Waals surface area contributed by atoms with E-state index in [1.54, 1.807) is 0 Å². The molecular weight excluding hydrogens is 1240 g/mol. The van der Waals surface area contributed by atoms with E-state index in [1.165, 1.54) is 63.4 Å². The highest BCUT2D eigenvalue weighted by atomic mass is 16.7. The third kappa shape index (κ3) is 16.0. The highest BCUT2D eigenvalue weighted by Gasteiger charge is 2.52. The van der Waals surface area contributed by atoms with Gasteiger partial charge < -0.3 is 122 Å². The van der Waals surface area contributed by atoms with E-state index in [-0.39, 0.29) is 40.1 Å². The van der Waals surface area contributed by atoms with Crippen LogP contribution in [0.15, 0.2) is 42.5 Å². The molecule has 3 aromatic rings. The largest absolute Gasteiger partial charge is 0.507 e. The van der Waals surface area contributed by atoms with Gasteiger partial charge in [0.05, 0.1) is 79.2 Å². The zero-order valence-electron chi connectivity index (χ0n) is 50.5. The van der Waals surface area contributed by atoms with Gasteiger partial charge in [-0.15, -0.1) is 0 Å². The van der Waals surface area contributed by atoms with Crippen LogP contribution in [0.2, 0.25) is 0 Å². The Morgan fingerprint density at radius 2 is 1.46 bits per heavy atom. The Hall–Kier alpha value is -7.55. The molecule has 19 N–H and O–H groups in total. The number of amides is 4. The maximum atomic E-state index is 14.1. The third-order valence-electron chi connectivity index (χ3n) is 16.8. The molecule has 3 aromatic carbocycles. The lowest BCUT2D eigenvalue weighted by Gasteiger charge is -2.42. The van der Waals surface area contributed by atoms with Gasteiger partial charge in [0.1, 0.15) is 91.0 Å². The number of nitrogens with two attached hydrogens (primary N) is 1. The molecule has 6 unspecified atom stereocenters. The molecule has 4 amide bonds. The first kappa shape index (κ1) is 72.9. The summed E-state index contributed by atoms with van der Waals surface area (Å²) in [5.74, 6) is -13.0. The molecule has 2 aliphatic heterocycles. The van der Waals surface area contributed by atoms with E-state index in [4.69, 9.17) is 34.2 Å². The van der Waals surface area contributed by atoms with Crippen molar-refractivity contribution in [3.63, 3.8) is 0 Å². The van der Waals surface area contributed by atoms with E-state index in [1.807, 2.05) is 0 Å². The maximum absolute atomic E-state index is 14.1. The number of aliphatic hydroxyl groups excluding tert-OH is 11. The van der Waals surface area contributed by atoms with Crippen LogP contribution in [0.25, 0.3) is 0 Å². The van der Waals surface area contributed by atoms with Gasteiger partial charge in [-0.1, -0.05) is 24.3 Å². The number of rotatable bonds is 28. The molecular formula is C60H76N4O29. The first-order valence-electron chi connectivity index (χ1n) is 29.3. The number of phenolic OH excluding ortho intramolecular Hbond substituents is 2. The third-order valence-corrected chi connectivity index (χ3v) is 16.8. The lowest BCUT2D eigenvalue weighted by Crippen LogP contribution is -2.61. The minimum absolute atomic E-state index is 0.00914. The number of aromatic hydroxyl groups is 2. The summed E-state index contributed by atoms with van der Waals surface area (Å²) in [5, 5.41) is 156. The molecule has 33 nitrogen and oxygen atoms in total. The van der Waals surface area contributed by atoms with Crippen molar-refractivity contribution < 1.29 is 143 Å². The number of benzene rings is 3. The smallest absolute Gasteiger partial charge is 0.407 e. The van der Waals surface area contributed by atoms with Crippen LogP contribution in [-0.4, -0.2) is 249 Å². The molecule has 0 saturated carbocycles. The van der Waals surface area contributed by atoms with Crippen LogP contribution in [0.1, 0.15) is 108 Å². The molecule has 33 heteroatoms. The first-order valence-corrected chi connectivity index (χ1v) is 29.3. The molecule has 93 heavy (non-hydrogen) atoms. The van der Waals surface area contributed by atoms with Crippen LogP contribution in [0.5, 0.6) is 17.2 Å². The van der Waals surface area contributed by atoms with Gasteiger partial charge in [0.25, 0.3) is 0 Å². The highest BCUT2D eigenvalue weighted by molar-refractivity contribution is 6.31. The fourth-order valence-electron chi connectivity index (χ4n) is 11.5. The lowest BCUT2D eigenvalue weighted by atomic mass is 9.72. The fraction of sp³-hybridized carbons (Fsp3) is 0.550. The number of primary amides is 1. The van der Waals surface area contributed by atoms with Gasteiger partial charge in [-0.25, -0.2) is 4.79 Å². The van der Waals surface area contributed by atoms with Crippen LogP contribution < -0.4 is 26.4 Å². The van der Waals surface area contributed by atoms with E-state index in [2.05, 4.69) is 16.0 Å². The van der Waals surface area contributed by atoms with Crippen LogP contribution in [-0.2, 0) is 65.5 Å². The van der Waals surface area contributed by atoms with Crippen molar-refractivity contribution in [3.8, 4) is 17.2 Å². The summed E-state index contributed by atoms with van der Waals surface area (Å²) >= 11 is 0. The van der Waals surface area contributed by atoms with Gasteiger partial charge in [-0.2, -0.15) is 0 Å². The van der Waals surface area contributed by atoms with Gasteiger partial charge >= 0.3 is 6.09 Å². The molecule has 7 rings (SSSR count). The normalized spacial score (nSPS) is 26.8. The van der Waals surface area contributed by atoms with Crippen LogP contribution >= 0.6 is 0 Å². The zero-order chi connectivity index (χ0) is 68.8. The Bertz CT molecular complexity index is 3290. The van der Waals surface area contributed by atoms with Crippen molar-refractivity contribution in [2.24, 2.45) is 17.6 Å². The summed E-state index contributed by atoms with van der Waals surface area (Å²) in [6.07, 6.45) is -31.2. The Labute approximate surface area is 528 Å². The monoisotopic (exact) mass is 1320 g/mol. The predicted molar refractivity (Wildman–Crippen MR) is 309 cm³/mol. The Balaban J connectivity index is 0.936. The number of Topliss-reactive ketones (excluding diaryl/α,β-unsaturated/α-hetero) is 3. The molecule has 2 heterocycles. The van der Waals surface area contributed by atoms with Crippen LogP contribution in [0, 0.1) is 11.8 Å². The number of nitrogens with one attached hydrogen (secondary N) is 3. The van der Waals surface area contributed by atoms with Gasteiger partial charge in [-0.3, -0.25) is 38.4 Å². The number of carbonyl (C=O) groups excluding carboxylic acids is 9. The number of phenols is 2. The van der Waals surface area contributed by atoms with Gasteiger partial charge in [0.15, 0.2) is 35.7 Å². The summed E-state index contributed by atoms with van der Waals surface area (Å²) in [7, 11) is 1.26. The maximum Gasteiger partial charge on any atom is 0.407 e. The van der Waals surface area contributed by atoms with Gasteiger partial charge in [0, 0.05) is 60.9 Å². The average Bonchev–Trinajstić information content (AvgIpc) is 0.712. The molecule has 510 valence electrons. The second-order valence-corrected chi connectivity index (χ2v) is 23.3. The molecule has 2 fully saturated rings. The number of ether oxygens (including phenoxy) is 6. The number of ketones is 5. The lowest BCUT2D eigenvalue weighted by molar-refractivity contribution is -0.326. The summed E-state index contributed by atoms with van der Waals surface area (Å²) in [4.78, 5) is 120. The van der Waals surface area contributed by atoms with Crippen molar-refractivity contribution >= 4 is 58.4 Å². The van der Waals surface area contributed by atoms with Gasteiger partial charge in [-0.05, 0) is 44.5 Å². The molecule has 0 radical (unpaired) electrons. The Kier molecular flexibility index (Phi) is 24.0. The number of carbonyl (C=O) groups is 9. The number of aliphatic hydroxyl groups is 12. The van der Waals surface area contributed by atoms with Crippen molar-refractivity contribution in [2.75, 3.05) is 32.2 Å². The minimum atomic E-state index is -2.54. The van der Waals surface area contributed by atoms with Crippen molar-refractivity contribution in [1.29, 1.82) is 0 Å². The van der Waals surface area contributed by atoms with E-state index < -0.39 is 249 Å². The molecule has 19 atom stereocenters. The summed E-state index contributed by atoms with van der Waals surface area (Å²) < 4.78 is 33.4. The number of fused-ring (bicyclic) bond motifs is 3. The predicted octanol–water partition coefficient (Wildman–Crippen LogP) is -4.92. The molecule has 4 aliphatic rings. The van der Waals surface area contributed by atoms with Crippen molar-refractivity contribution in [1.82, 2.24) is 10.6 Å². The highest BCUT2D eigenvalue weighted by Crippen LogP contribution is 2.53. The molecule has 2 aliphatic carbocycles. The first-order chi connectivity index (χ1) is 43.8. The molecule has 2 saturated heterocycles. The number of hydrogen-bond donors (Lipinski definition) is 18. The summed E-state index contributed by atoms with van der Waals surface area (Å²) in [5.41, 5.74) is 1.19. The molecule has 0 bridgehead atoms. The second-order valence-electron chi connectivity index (χ2n) is 23.3. The molecule has 0 aromatic heterocycles. The summed E-state index contributed by atoms with van der Waals surface area (Å²) in [6, 6.07) is 7.10. The minimum Gasteiger partial charge on any atom is -0.507 e. The zero-order valence-corrected chi connectivity index (χ0v) is 50.5. The quantitative estimate of drug-likeness (QED) is 0.0237. The number of methoxy groups -OCH3 is 1.